The summed E-state index contributed by atoms with van der Waals surface area (Å²) in [6.07, 6.45) is 0.322. The summed E-state index contributed by atoms with van der Waals surface area (Å²) in [7, 11) is 0. The van der Waals surface area contributed by atoms with Gasteiger partial charge in [-0.1, -0.05) is 12.1 Å². The standard InChI is InChI=1S/C49H85N5O12/c1-44(2,3)61-38(55)29-51(24-26-53(31-40(57)63-46(7,8)9)32-41(58)64-47(10,11)12)23-25-52(30-39(56)62-45(4,5)6)28-37(27-35-19-21-36(50)22-20-35)54(33-42(59)65-48(13,14)15)34-43(60)66-49(16,17)18/h19-22,37H,23-34,50H2,1-18H3/t37-/m0/s1. The second-order valence-electron chi connectivity index (χ2n) is 22.7. The Labute approximate surface area is 395 Å². The van der Waals surface area contributed by atoms with E-state index in [-0.39, 0.29) is 72.0 Å². The van der Waals surface area contributed by atoms with Crippen molar-refractivity contribution >= 4 is 41.5 Å². The minimum atomic E-state index is -0.809. The third kappa shape index (κ3) is 30.8. The quantitative estimate of drug-likeness (QED) is 0.0827. The van der Waals surface area contributed by atoms with E-state index in [0.717, 1.165) is 5.56 Å². The van der Waals surface area contributed by atoms with Gasteiger partial charge in [0.15, 0.2) is 0 Å². The lowest BCUT2D eigenvalue weighted by atomic mass is 10.0. The number of nitrogen functional groups attached to an aromatic ring is 1. The van der Waals surface area contributed by atoms with Crippen LogP contribution in [0.25, 0.3) is 0 Å². The van der Waals surface area contributed by atoms with E-state index in [1.54, 1.807) is 147 Å². The number of hydrogen-bond donors (Lipinski definition) is 1. The third-order valence-electron chi connectivity index (χ3n) is 8.50. The lowest BCUT2D eigenvalue weighted by Gasteiger charge is -2.36. The average Bonchev–Trinajstić information content (AvgIpc) is 3.04. The van der Waals surface area contributed by atoms with Crippen molar-refractivity contribution in [1.82, 2.24) is 19.6 Å². The predicted octanol–water partition coefficient (Wildman–Crippen LogP) is 5.44. The monoisotopic (exact) mass is 936 g/mol. The molecule has 66 heavy (non-hydrogen) atoms. The zero-order valence-corrected chi connectivity index (χ0v) is 43.6. The maximum Gasteiger partial charge on any atom is 0.320 e. The lowest BCUT2D eigenvalue weighted by Crippen LogP contribution is -2.53. The normalized spacial score (nSPS) is 13.4. The number of hydrogen-bond acceptors (Lipinski definition) is 17. The van der Waals surface area contributed by atoms with Crippen molar-refractivity contribution in [3.8, 4) is 0 Å². The number of rotatable bonds is 23. The van der Waals surface area contributed by atoms with Gasteiger partial charge in [0.1, 0.15) is 33.6 Å². The Morgan fingerprint density at radius 2 is 0.667 bits per heavy atom. The Kier molecular flexibility index (Phi) is 22.8. The summed E-state index contributed by atoms with van der Waals surface area (Å²) < 4.78 is 34.2. The van der Waals surface area contributed by atoms with Gasteiger partial charge in [0, 0.05) is 44.5 Å². The summed E-state index contributed by atoms with van der Waals surface area (Å²) in [5, 5.41) is 0. The molecule has 0 bridgehead atoms. The maximum absolute atomic E-state index is 13.7. The van der Waals surface area contributed by atoms with Crippen molar-refractivity contribution in [3.63, 3.8) is 0 Å². The number of anilines is 1. The van der Waals surface area contributed by atoms with E-state index in [2.05, 4.69) is 0 Å². The highest BCUT2D eigenvalue weighted by atomic mass is 16.6. The van der Waals surface area contributed by atoms with Crippen LogP contribution >= 0.6 is 0 Å². The van der Waals surface area contributed by atoms with Gasteiger partial charge in [-0.25, -0.2) is 0 Å². The van der Waals surface area contributed by atoms with Gasteiger partial charge in [0.25, 0.3) is 0 Å². The number of ether oxygens (including phenoxy) is 6. The number of carbonyl (C=O) groups excluding carboxylic acids is 6. The molecule has 0 heterocycles. The third-order valence-corrected chi connectivity index (χ3v) is 8.50. The van der Waals surface area contributed by atoms with Gasteiger partial charge in [0.2, 0.25) is 0 Å². The number of nitrogens with two attached hydrogens (primary N) is 1. The number of carbonyl (C=O) groups is 6. The van der Waals surface area contributed by atoms with Gasteiger partial charge >= 0.3 is 35.8 Å². The Bertz CT molecular complexity index is 1670. The molecule has 17 nitrogen and oxygen atoms in total. The topological polar surface area (TPSA) is 197 Å². The lowest BCUT2D eigenvalue weighted by molar-refractivity contribution is -0.163. The van der Waals surface area contributed by atoms with Crippen molar-refractivity contribution < 1.29 is 57.2 Å². The molecule has 0 fully saturated rings. The molecule has 0 amide bonds. The summed E-state index contributed by atoms with van der Waals surface area (Å²) in [6, 6.07) is 6.67. The van der Waals surface area contributed by atoms with Crippen LogP contribution in [-0.4, -0.2) is 167 Å². The molecule has 1 aromatic rings. The molecule has 0 radical (unpaired) electrons. The van der Waals surface area contributed by atoms with Crippen LogP contribution in [0.4, 0.5) is 5.69 Å². The van der Waals surface area contributed by atoms with Gasteiger partial charge in [0.05, 0.1) is 39.3 Å². The number of nitrogens with zero attached hydrogens (tertiary/aromatic N) is 4. The van der Waals surface area contributed by atoms with Crippen LogP contribution in [0.2, 0.25) is 0 Å². The van der Waals surface area contributed by atoms with Crippen LogP contribution in [0.1, 0.15) is 130 Å². The van der Waals surface area contributed by atoms with Crippen LogP contribution in [0.15, 0.2) is 24.3 Å². The van der Waals surface area contributed by atoms with Gasteiger partial charge in [-0.15, -0.1) is 0 Å². The predicted molar refractivity (Wildman–Crippen MR) is 254 cm³/mol. The molecule has 0 saturated carbocycles. The summed E-state index contributed by atoms with van der Waals surface area (Å²) in [4.78, 5) is 87.3. The number of esters is 6. The van der Waals surface area contributed by atoms with Crippen molar-refractivity contribution in [3.05, 3.63) is 29.8 Å². The highest BCUT2D eigenvalue weighted by Gasteiger charge is 2.32. The van der Waals surface area contributed by atoms with E-state index >= 15 is 0 Å². The maximum atomic E-state index is 13.7. The van der Waals surface area contributed by atoms with Crippen molar-refractivity contribution in [2.24, 2.45) is 0 Å². The molecule has 0 aliphatic heterocycles. The average molecular weight is 936 g/mol. The molecule has 1 aromatic carbocycles. The first-order chi connectivity index (χ1) is 29.7. The minimum Gasteiger partial charge on any atom is -0.459 e. The zero-order valence-electron chi connectivity index (χ0n) is 43.6. The van der Waals surface area contributed by atoms with E-state index in [9.17, 15) is 28.8 Å². The summed E-state index contributed by atoms with van der Waals surface area (Å²) in [5.74, 6) is -3.21. The highest BCUT2D eigenvalue weighted by molar-refractivity contribution is 5.76. The van der Waals surface area contributed by atoms with E-state index in [1.807, 2.05) is 21.9 Å². The van der Waals surface area contributed by atoms with Gasteiger partial charge in [-0.05, 0) is 149 Å². The Morgan fingerprint density at radius 1 is 0.409 bits per heavy atom. The van der Waals surface area contributed by atoms with Crippen LogP contribution in [0.5, 0.6) is 0 Å². The summed E-state index contributed by atoms with van der Waals surface area (Å²) in [5.41, 5.74) is 2.72. The summed E-state index contributed by atoms with van der Waals surface area (Å²) >= 11 is 0. The molecule has 17 heteroatoms. The van der Waals surface area contributed by atoms with Gasteiger partial charge in [-0.2, -0.15) is 0 Å². The molecular weight excluding hydrogens is 851 g/mol. The fraction of sp³-hybridized carbons (Fsp3) is 0.755. The summed E-state index contributed by atoms with van der Waals surface area (Å²) in [6.45, 7) is 31.2. The molecule has 378 valence electrons. The van der Waals surface area contributed by atoms with Gasteiger partial charge < -0.3 is 34.2 Å². The first-order valence-corrected chi connectivity index (χ1v) is 22.8. The van der Waals surface area contributed by atoms with Crippen LogP contribution in [-0.2, 0) is 63.6 Å². The number of benzene rings is 1. The molecule has 0 aliphatic carbocycles. The molecule has 2 N–H and O–H groups in total. The highest BCUT2D eigenvalue weighted by Crippen LogP contribution is 2.18. The van der Waals surface area contributed by atoms with Gasteiger partial charge in [-0.3, -0.25) is 48.4 Å². The largest absolute Gasteiger partial charge is 0.459 e. The molecule has 0 aromatic heterocycles. The first kappa shape index (κ1) is 59.7. The van der Waals surface area contributed by atoms with Crippen LogP contribution < -0.4 is 5.73 Å². The molecule has 1 rings (SSSR count). The zero-order chi connectivity index (χ0) is 51.1. The van der Waals surface area contributed by atoms with Crippen molar-refractivity contribution in [1.29, 1.82) is 0 Å². The molecular formula is C49H85N5O12. The van der Waals surface area contributed by atoms with E-state index in [1.165, 1.54) is 0 Å². The van der Waals surface area contributed by atoms with E-state index < -0.39 is 75.5 Å². The molecule has 0 unspecified atom stereocenters. The second-order valence-corrected chi connectivity index (χ2v) is 22.7. The molecule has 1 atom stereocenters. The second kappa shape index (κ2) is 25.2. The Hall–Kier alpha value is -4.32. The van der Waals surface area contributed by atoms with E-state index in [0.29, 0.717) is 12.1 Å². The Morgan fingerprint density at radius 3 is 0.985 bits per heavy atom. The fourth-order valence-electron chi connectivity index (χ4n) is 6.44. The Balaban J connectivity index is 3.83. The SMILES string of the molecule is CC(C)(C)OC(=O)CN(CCN(CC(=O)OC(C)(C)C)CC(=O)OC(C)(C)C)CCN(CC(=O)OC(C)(C)C)C[C@H](Cc1ccc(N)cc1)N(CC(=O)OC(C)(C)C)CC(=O)OC(C)(C)C. The molecule has 0 aliphatic rings. The van der Waals surface area contributed by atoms with Crippen LogP contribution in [0.3, 0.4) is 0 Å². The fourth-order valence-corrected chi connectivity index (χ4v) is 6.44. The van der Waals surface area contributed by atoms with Crippen molar-refractivity contribution in [2.45, 2.75) is 171 Å². The smallest absolute Gasteiger partial charge is 0.320 e. The molecule has 0 spiro atoms. The van der Waals surface area contributed by atoms with E-state index in [4.69, 9.17) is 34.2 Å². The van der Waals surface area contributed by atoms with Crippen LogP contribution in [0, 0.1) is 0 Å². The van der Waals surface area contributed by atoms with Crippen molar-refractivity contribution in [2.75, 3.05) is 77.7 Å². The first-order valence-electron chi connectivity index (χ1n) is 22.8. The minimum absolute atomic E-state index is 0.138. The molecule has 0 saturated heterocycles.